The van der Waals surface area contributed by atoms with E-state index in [1.54, 1.807) is 0 Å². The van der Waals surface area contributed by atoms with Crippen molar-refractivity contribution in [1.29, 1.82) is 0 Å². The van der Waals surface area contributed by atoms with Crippen molar-refractivity contribution in [2.24, 2.45) is 0 Å². The number of nitrogens with one attached hydrogen (secondary N) is 1. The van der Waals surface area contributed by atoms with Crippen LogP contribution in [-0.2, 0) is 36.7 Å². The standard InChI is InChI=1S/C20H22F2N10O9P2S2/c21-8-6-1-36-42(34,44)40-12-7(39-18(9(12)22)31-4-27-10-14(23)25-3-26-15(10)31)2-37-43(35,45)41-13(8)19(38-6)32-5-28-11-16(32)29-20(24)30-17(11)33/h3-9,12-13,18-19H,1-2H2,(H,34,44)(H,35,45)(H2,23,25,26)(H3,24,29,30,33)/t6-,7-,8+,9+,12-,13-,18-,19-,42-,43+/m1/s1. The SMILES string of the molecule is Nc1nc2c(ncn2[C@@H]2O[C@@H]3CO[P@@](=O)(S)O[C@H]4[C@H](F)[C@H](n5cnc6c(N)ncnc65)O[C@@H]4CO[P@](=O)(S)O[C@@H]2[C@H]3F)c(=O)[nH]1. The van der Waals surface area contributed by atoms with Gasteiger partial charge in [-0.2, -0.15) is 4.98 Å². The predicted molar refractivity (Wildman–Crippen MR) is 155 cm³/mol. The lowest BCUT2D eigenvalue weighted by Gasteiger charge is -2.26. The third-order valence-electron chi connectivity index (χ3n) is 7.23. The smallest absolute Gasteiger partial charge is 0.382 e. The second-order valence-electron chi connectivity index (χ2n) is 10.0. The van der Waals surface area contributed by atoms with Crippen LogP contribution < -0.4 is 17.0 Å². The van der Waals surface area contributed by atoms with Crippen LogP contribution in [0.25, 0.3) is 22.3 Å². The van der Waals surface area contributed by atoms with E-state index in [0.29, 0.717) is 0 Å². The number of aromatic amines is 1. The van der Waals surface area contributed by atoms with E-state index in [1.165, 1.54) is 10.9 Å². The molecule has 3 saturated heterocycles. The Kier molecular flexibility index (Phi) is 7.70. The fraction of sp³-hybridized carbons (Fsp3) is 0.500. The summed E-state index contributed by atoms with van der Waals surface area (Å²) in [5.41, 5.74) is 10.8. The molecule has 0 aromatic carbocycles. The van der Waals surface area contributed by atoms with Crippen molar-refractivity contribution in [2.75, 3.05) is 24.7 Å². The van der Waals surface area contributed by atoms with Crippen molar-refractivity contribution in [2.45, 2.75) is 49.2 Å². The van der Waals surface area contributed by atoms with Gasteiger partial charge in [-0.1, -0.05) is 24.5 Å². The summed E-state index contributed by atoms with van der Waals surface area (Å²) in [4.78, 5) is 34.6. The molecule has 5 N–H and O–H groups in total. The maximum atomic E-state index is 16.0. The Labute approximate surface area is 259 Å². The van der Waals surface area contributed by atoms with Gasteiger partial charge in [-0.25, -0.2) is 37.8 Å². The highest BCUT2D eigenvalue weighted by Crippen LogP contribution is 2.60. The van der Waals surface area contributed by atoms with Crippen LogP contribution in [-0.4, -0.2) is 89.0 Å². The molecule has 0 unspecified atom stereocenters. The van der Waals surface area contributed by atoms with Crippen LogP contribution >= 0.6 is 38.1 Å². The predicted octanol–water partition coefficient (Wildman–Crippen LogP) is 1.49. The molecule has 0 spiro atoms. The highest BCUT2D eigenvalue weighted by molar-refractivity contribution is 8.44. The summed E-state index contributed by atoms with van der Waals surface area (Å²) in [6, 6.07) is 0. The number of aromatic nitrogens is 8. The van der Waals surface area contributed by atoms with Crippen LogP contribution in [0.2, 0.25) is 0 Å². The van der Waals surface area contributed by atoms with Gasteiger partial charge in [-0.15, -0.1) is 0 Å². The number of nitrogens with zero attached hydrogens (tertiary/aromatic N) is 7. The molecule has 10 atom stereocenters. The first kappa shape index (κ1) is 30.9. The molecule has 242 valence electrons. The number of fused-ring (bicyclic) bond motifs is 5. The zero-order chi connectivity index (χ0) is 31.8. The largest absolute Gasteiger partial charge is 0.386 e. The number of anilines is 2. The molecule has 4 aromatic rings. The minimum Gasteiger partial charge on any atom is -0.382 e. The van der Waals surface area contributed by atoms with E-state index in [9.17, 15) is 13.9 Å². The normalized spacial score (nSPS) is 37.7. The first-order chi connectivity index (χ1) is 21.3. The molecule has 25 heteroatoms. The van der Waals surface area contributed by atoms with Crippen molar-refractivity contribution in [3.05, 3.63) is 29.3 Å². The Balaban J connectivity index is 1.21. The lowest BCUT2D eigenvalue weighted by atomic mass is 10.1. The maximum Gasteiger partial charge on any atom is 0.386 e. The second-order valence-corrected chi connectivity index (χ2v) is 15.8. The number of thiol groups is 2. The van der Waals surface area contributed by atoms with Gasteiger partial charge in [-0.3, -0.25) is 37.0 Å². The van der Waals surface area contributed by atoms with Gasteiger partial charge in [0.15, 0.2) is 47.4 Å². The number of imidazole rings is 2. The average molecular weight is 711 g/mol. The lowest BCUT2D eigenvalue weighted by molar-refractivity contribution is -0.0563. The molecule has 19 nitrogen and oxygen atoms in total. The Hall–Kier alpha value is -2.72. The molecule has 45 heavy (non-hydrogen) atoms. The van der Waals surface area contributed by atoms with Gasteiger partial charge in [-0.05, 0) is 0 Å². The van der Waals surface area contributed by atoms with E-state index in [1.807, 2.05) is 0 Å². The average Bonchev–Trinajstić information content (AvgIpc) is 3.72. The van der Waals surface area contributed by atoms with E-state index in [4.69, 9.17) is 39.0 Å². The van der Waals surface area contributed by atoms with E-state index in [-0.39, 0.29) is 34.1 Å². The summed E-state index contributed by atoms with van der Waals surface area (Å²) in [5.74, 6) is -0.234. The highest BCUT2D eigenvalue weighted by Gasteiger charge is 2.54. The fourth-order valence-electron chi connectivity index (χ4n) is 5.23. The van der Waals surface area contributed by atoms with Crippen LogP contribution in [0.5, 0.6) is 0 Å². The zero-order valence-electron chi connectivity index (χ0n) is 22.3. The van der Waals surface area contributed by atoms with Gasteiger partial charge in [0, 0.05) is 0 Å². The molecule has 0 aliphatic carbocycles. The molecule has 7 heterocycles. The Morgan fingerprint density at radius 1 is 0.844 bits per heavy atom. The van der Waals surface area contributed by atoms with Crippen LogP contribution in [0.1, 0.15) is 12.5 Å². The number of rotatable bonds is 2. The van der Waals surface area contributed by atoms with E-state index in [0.717, 1.165) is 17.2 Å². The van der Waals surface area contributed by atoms with E-state index in [2.05, 4.69) is 54.4 Å². The van der Waals surface area contributed by atoms with Gasteiger partial charge in [0.1, 0.15) is 36.3 Å². The van der Waals surface area contributed by atoms with E-state index >= 15 is 8.78 Å². The van der Waals surface area contributed by atoms with Crippen molar-refractivity contribution < 1.29 is 45.5 Å². The number of ether oxygens (including phenoxy) is 2. The zero-order valence-corrected chi connectivity index (χ0v) is 25.8. The van der Waals surface area contributed by atoms with Crippen LogP contribution in [0.3, 0.4) is 0 Å². The van der Waals surface area contributed by atoms with Crippen molar-refractivity contribution in [3.63, 3.8) is 0 Å². The van der Waals surface area contributed by atoms with Gasteiger partial charge in [0.25, 0.3) is 5.56 Å². The van der Waals surface area contributed by atoms with Crippen molar-refractivity contribution in [3.8, 4) is 0 Å². The number of nitrogens with two attached hydrogens (primary N) is 2. The molecular weight excluding hydrogens is 688 g/mol. The number of hydrogen-bond donors (Lipinski definition) is 5. The van der Waals surface area contributed by atoms with Gasteiger partial charge >= 0.3 is 13.6 Å². The second kappa shape index (κ2) is 11.2. The molecule has 3 fully saturated rings. The topological polar surface area (TPSA) is 249 Å². The molecule has 4 aromatic heterocycles. The van der Waals surface area contributed by atoms with Crippen molar-refractivity contribution in [1.82, 2.24) is 39.0 Å². The molecule has 0 amide bonds. The van der Waals surface area contributed by atoms with Gasteiger partial charge in [0.05, 0.1) is 25.9 Å². The molecule has 3 aliphatic rings. The number of H-pyrrole nitrogens is 1. The third-order valence-corrected chi connectivity index (χ3v) is 10.5. The molecule has 7 rings (SSSR count). The maximum absolute atomic E-state index is 16.0. The fourth-order valence-corrected chi connectivity index (χ4v) is 8.17. The number of halogens is 2. The minimum atomic E-state index is -4.50. The van der Waals surface area contributed by atoms with Gasteiger partial charge < -0.3 is 20.9 Å². The van der Waals surface area contributed by atoms with E-state index < -0.39 is 81.6 Å². The number of nitrogen functional groups attached to an aromatic ring is 2. The summed E-state index contributed by atoms with van der Waals surface area (Å²) >= 11 is 7.94. The molecular formula is C20H22F2N10O9P2S2. The molecule has 0 saturated carbocycles. The Morgan fingerprint density at radius 3 is 2.20 bits per heavy atom. The highest BCUT2D eigenvalue weighted by atomic mass is 32.7. The first-order valence-corrected chi connectivity index (χ1v) is 18.3. The summed E-state index contributed by atoms with van der Waals surface area (Å²) in [5, 5.41) is 0. The number of alkyl halides is 2. The summed E-state index contributed by atoms with van der Waals surface area (Å²) in [7, 11) is 0. The van der Waals surface area contributed by atoms with Crippen LogP contribution in [0, 0.1) is 0 Å². The summed E-state index contributed by atoms with van der Waals surface area (Å²) in [6.45, 7) is -10.4. The van der Waals surface area contributed by atoms with Gasteiger partial charge in [0.2, 0.25) is 5.95 Å². The quantitative estimate of drug-likeness (QED) is 0.146. The van der Waals surface area contributed by atoms with Crippen molar-refractivity contribution >= 4 is 72.2 Å². The minimum absolute atomic E-state index is 0.0341. The monoisotopic (exact) mass is 710 g/mol. The number of hydrogen-bond acceptors (Lipinski definition) is 16. The molecule has 3 aliphatic heterocycles. The molecule has 0 radical (unpaired) electrons. The lowest BCUT2D eigenvalue weighted by Crippen LogP contribution is -2.33. The summed E-state index contributed by atoms with van der Waals surface area (Å²) in [6.07, 6.45) is -10.0. The Bertz CT molecular complexity index is 1950. The summed E-state index contributed by atoms with van der Waals surface area (Å²) < 4.78 is 94.2. The third kappa shape index (κ3) is 5.53. The van der Waals surface area contributed by atoms with Crippen LogP contribution in [0.4, 0.5) is 20.5 Å². The van der Waals surface area contributed by atoms with Crippen LogP contribution in [0.15, 0.2) is 23.8 Å². The first-order valence-electron chi connectivity index (χ1n) is 12.9. The molecule has 2 bridgehead atoms. The Morgan fingerprint density at radius 2 is 1.47 bits per heavy atom.